The van der Waals surface area contributed by atoms with E-state index >= 15 is 0 Å². The molecule has 2 aromatic rings. The van der Waals surface area contributed by atoms with Crippen LogP contribution in [0.4, 0.5) is 0 Å². The first-order valence-corrected chi connectivity index (χ1v) is 13.4. The molecule has 1 N–H and O–H groups in total. The van der Waals surface area contributed by atoms with Crippen molar-refractivity contribution in [2.75, 3.05) is 26.7 Å². The Morgan fingerprint density at radius 3 is 2.59 bits per heavy atom. The average molecular weight is 506 g/mol. The number of ether oxygens (including phenoxy) is 1. The Labute approximate surface area is 220 Å². The van der Waals surface area contributed by atoms with Gasteiger partial charge in [-0.3, -0.25) is 9.59 Å². The first-order valence-electron chi connectivity index (χ1n) is 13.4. The molecule has 2 amide bonds. The molecule has 1 aliphatic carbocycles. The maximum atomic E-state index is 13.6. The molecular formula is C30H39N3O4. The SMILES string of the molecule is C[C@@H]1CN([C@@H](C)CO)C(=O)c2cc(/C=C/c3ccccc3)cnc2O[C@@H]1CN(C)C(=O)C1CCCCC1. The van der Waals surface area contributed by atoms with Gasteiger partial charge in [-0.25, -0.2) is 4.98 Å². The summed E-state index contributed by atoms with van der Waals surface area (Å²) in [7, 11) is 1.84. The van der Waals surface area contributed by atoms with Crippen molar-refractivity contribution in [2.24, 2.45) is 11.8 Å². The van der Waals surface area contributed by atoms with Crippen molar-refractivity contribution >= 4 is 24.0 Å². The highest BCUT2D eigenvalue weighted by atomic mass is 16.5. The maximum absolute atomic E-state index is 13.6. The van der Waals surface area contributed by atoms with Crippen LogP contribution in [0.5, 0.6) is 5.88 Å². The van der Waals surface area contributed by atoms with Crippen LogP contribution in [-0.4, -0.2) is 70.6 Å². The van der Waals surface area contributed by atoms with E-state index in [1.54, 1.807) is 22.1 Å². The monoisotopic (exact) mass is 505 g/mol. The fraction of sp³-hybridized carbons (Fsp3) is 0.500. The first kappa shape index (κ1) is 26.9. The highest BCUT2D eigenvalue weighted by Gasteiger charge is 2.35. The molecule has 0 spiro atoms. The van der Waals surface area contributed by atoms with Crippen molar-refractivity contribution in [1.82, 2.24) is 14.8 Å². The summed E-state index contributed by atoms with van der Waals surface area (Å²) in [6.45, 7) is 4.56. The summed E-state index contributed by atoms with van der Waals surface area (Å²) in [6.07, 6.45) is 10.6. The highest BCUT2D eigenvalue weighted by Crippen LogP contribution is 2.29. The van der Waals surface area contributed by atoms with Crippen LogP contribution in [0.15, 0.2) is 42.6 Å². The van der Waals surface area contributed by atoms with Crippen molar-refractivity contribution in [3.63, 3.8) is 0 Å². The summed E-state index contributed by atoms with van der Waals surface area (Å²) in [5.41, 5.74) is 2.20. The molecule has 3 atom stereocenters. The Kier molecular flexibility index (Phi) is 8.98. The lowest BCUT2D eigenvalue weighted by Crippen LogP contribution is -2.51. The number of nitrogens with zero attached hydrogens (tertiary/aromatic N) is 3. The van der Waals surface area contributed by atoms with Crippen LogP contribution in [0.3, 0.4) is 0 Å². The second-order valence-corrected chi connectivity index (χ2v) is 10.5. The Bertz CT molecular complexity index is 1100. The molecule has 7 heteroatoms. The molecule has 1 aliphatic heterocycles. The van der Waals surface area contributed by atoms with Gasteiger partial charge >= 0.3 is 0 Å². The van der Waals surface area contributed by atoms with Crippen molar-refractivity contribution in [2.45, 2.75) is 58.1 Å². The average Bonchev–Trinajstić information content (AvgIpc) is 2.94. The molecule has 0 bridgehead atoms. The number of hydrogen-bond acceptors (Lipinski definition) is 5. The van der Waals surface area contributed by atoms with Gasteiger partial charge in [-0.1, -0.05) is 68.7 Å². The van der Waals surface area contributed by atoms with Crippen LogP contribution in [0.1, 0.15) is 67.4 Å². The summed E-state index contributed by atoms with van der Waals surface area (Å²) >= 11 is 0. The lowest BCUT2D eigenvalue weighted by molar-refractivity contribution is -0.136. The number of carbonyl (C=O) groups excluding carboxylic acids is 2. The fourth-order valence-electron chi connectivity index (χ4n) is 5.21. The van der Waals surface area contributed by atoms with Crippen LogP contribution in [-0.2, 0) is 4.79 Å². The number of carbonyl (C=O) groups is 2. The lowest BCUT2D eigenvalue weighted by atomic mass is 9.88. The van der Waals surface area contributed by atoms with E-state index in [0.717, 1.165) is 36.8 Å². The Balaban J connectivity index is 1.60. The molecule has 1 saturated carbocycles. The predicted molar refractivity (Wildman–Crippen MR) is 145 cm³/mol. The smallest absolute Gasteiger partial charge is 0.259 e. The van der Waals surface area contributed by atoms with Crippen molar-refractivity contribution in [3.05, 3.63) is 59.3 Å². The Hall–Kier alpha value is -3.19. The molecule has 198 valence electrons. The van der Waals surface area contributed by atoms with Gasteiger partial charge in [0.05, 0.1) is 19.2 Å². The zero-order valence-corrected chi connectivity index (χ0v) is 22.2. The topological polar surface area (TPSA) is 83.0 Å². The molecule has 0 unspecified atom stereocenters. The van der Waals surface area contributed by atoms with Crippen molar-refractivity contribution in [3.8, 4) is 5.88 Å². The van der Waals surface area contributed by atoms with Crippen LogP contribution < -0.4 is 4.74 Å². The molecule has 4 rings (SSSR count). The number of rotatable bonds is 7. The normalized spacial score (nSPS) is 21.6. The zero-order chi connectivity index (χ0) is 26.4. The number of fused-ring (bicyclic) bond motifs is 1. The van der Waals surface area contributed by atoms with Crippen LogP contribution in [0.2, 0.25) is 0 Å². The molecular weight excluding hydrogens is 466 g/mol. The second-order valence-electron chi connectivity index (χ2n) is 10.5. The Morgan fingerprint density at radius 2 is 1.89 bits per heavy atom. The zero-order valence-electron chi connectivity index (χ0n) is 22.2. The molecule has 1 fully saturated rings. The standard InChI is InChI=1S/C30H39N3O4/c1-21-18-33(22(2)20-34)30(36)26-16-24(15-14-23-10-6-4-7-11-23)17-31-28(26)37-27(21)19-32(3)29(35)25-12-8-5-9-13-25/h4,6-7,10-11,14-17,21-22,25,27,34H,5,8-9,12-13,18-20H2,1-3H3/b15-14+/t21-,22+,27-/m1/s1. The first-order chi connectivity index (χ1) is 17.9. The van der Waals surface area contributed by atoms with Gasteiger partial charge in [0.25, 0.3) is 5.91 Å². The van der Waals surface area contributed by atoms with E-state index in [2.05, 4.69) is 4.98 Å². The molecule has 0 radical (unpaired) electrons. The number of benzene rings is 1. The fourth-order valence-corrected chi connectivity index (χ4v) is 5.21. The molecule has 2 heterocycles. The minimum absolute atomic E-state index is 0.0628. The summed E-state index contributed by atoms with van der Waals surface area (Å²) in [5.74, 6) is 0.249. The number of amides is 2. The van der Waals surface area contributed by atoms with E-state index in [1.165, 1.54) is 6.42 Å². The van der Waals surface area contributed by atoms with Gasteiger partial charge in [0.1, 0.15) is 11.7 Å². The lowest BCUT2D eigenvalue weighted by Gasteiger charge is -2.38. The van der Waals surface area contributed by atoms with Gasteiger partial charge in [0.2, 0.25) is 11.8 Å². The van der Waals surface area contributed by atoms with Crippen molar-refractivity contribution in [1.29, 1.82) is 0 Å². The van der Waals surface area contributed by atoms with Crippen LogP contribution in [0.25, 0.3) is 12.2 Å². The molecule has 7 nitrogen and oxygen atoms in total. The quantitative estimate of drug-likeness (QED) is 0.599. The molecule has 1 aromatic carbocycles. The molecule has 0 saturated heterocycles. The third-order valence-corrected chi connectivity index (χ3v) is 7.59. The minimum atomic E-state index is -0.355. The second kappa shape index (κ2) is 12.4. The minimum Gasteiger partial charge on any atom is -0.472 e. The summed E-state index contributed by atoms with van der Waals surface area (Å²) in [5, 5.41) is 9.89. The summed E-state index contributed by atoms with van der Waals surface area (Å²) in [4.78, 5) is 34.8. The summed E-state index contributed by atoms with van der Waals surface area (Å²) in [6, 6.07) is 11.4. The van der Waals surface area contributed by atoms with Gasteiger partial charge in [0, 0.05) is 31.6 Å². The van der Waals surface area contributed by atoms with Gasteiger partial charge in [-0.2, -0.15) is 0 Å². The number of aliphatic hydroxyl groups excluding tert-OH is 1. The van der Waals surface area contributed by atoms with Crippen LogP contribution in [0, 0.1) is 11.8 Å². The Morgan fingerprint density at radius 1 is 1.19 bits per heavy atom. The van der Waals surface area contributed by atoms with E-state index in [4.69, 9.17) is 4.74 Å². The largest absolute Gasteiger partial charge is 0.472 e. The van der Waals surface area contributed by atoms with Crippen LogP contribution >= 0.6 is 0 Å². The summed E-state index contributed by atoms with van der Waals surface area (Å²) < 4.78 is 6.37. The molecule has 1 aromatic heterocycles. The van der Waals surface area contributed by atoms with Gasteiger partial charge < -0.3 is 19.6 Å². The predicted octanol–water partition coefficient (Wildman–Crippen LogP) is 4.51. The van der Waals surface area contributed by atoms with Gasteiger partial charge in [0.15, 0.2) is 0 Å². The number of pyridine rings is 1. The number of hydrogen-bond donors (Lipinski definition) is 1. The highest BCUT2D eigenvalue weighted by molar-refractivity contribution is 5.97. The van der Waals surface area contributed by atoms with E-state index < -0.39 is 0 Å². The van der Waals surface area contributed by atoms with E-state index in [1.807, 2.05) is 63.4 Å². The number of aromatic nitrogens is 1. The van der Waals surface area contributed by atoms with E-state index in [9.17, 15) is 14.7 Å². The van der Waals surface area contributed by atoms with Crippen molar-refractivity contribution < 1.29 is 19.4 Å². The molecule has 37 heavy (non-hydrogen) atoms. The number of aliphatic hydroxyl groups is 1. The van der Waals surface area contributed by atoms with E-state index in [-0.39, 0.29) is 48.3 Å². The van der Waals surface area contributed by atoms with E-state index in [0.29, 0.717) is 18.7 Å². The van der Waals surface area contributed by atoms with Gasteiger partial charge in [-0.05, 0) is 37.0 Å². The van der Waals surface area contributed by atoms with Gasteiger partial charge in [-0.15, -0.1) is 0 Å². The number of likely N-dealkylation sites (N-methyl/N-ethyl adjacent to an activating group) is 1. The maximum Gasteiger partial charge on any atom is 0.259 e. The molecule has 2 aliphatic rings. The third-order valence-electron chi connectivity index (χ3n) is 7.59. The third kappa shape index (κ3) is 6.58.